The van der Waals surface area contributed by atoms with Gasteiger partial charge in [-0.25, -0.2) is 5.01 Å². The van der Waals surface area contributed by atoms with E-state index in [4.69, 9.17) is 4.74 Å². The van der Waals surface area contributed by atoms with E-state index in [9.17, 15) is 19.5 Å². The SMILES string of the molecule is CN1CCC(C2CCCC(NC(=O)C(c3ccc(CN4N=C(c5ccccc5)OCC4=O)cc3)C3CCCC3)C2)[C@H]1C(=O)O. The Bertz CT molecular complexity index is 1360. The van der Waals surface area contributed by atoms with E-state index in [0.717, 1.165) is 81.0 Å². The highest BCUT2D eigenvalue weighted by Gasteiger charge is 2.43. The first kappa shape index (κ1) is 30.3. The number of carboxylic acid groups (broad SMARTS) is 1. The van der Waals surface area contributed by atoms with Crippen molar-refractivity contribution in [2.45, 2.75) is 82.3 Å². The number of likely N-dealkylation sites (tertiary alicyclic amines) is 1. The molecule has 2 aliphatic heterocycles. The van der Waals surface area contributed by atoms with Gasteiger partial charge >= 0.3 is 5.97 Å². The van der Waals surface area contributed by atoms with E-state index in [1.165, 1.54) is 5.01 Å². The largest absolute Gasteiger partial charge is 0.480 e. The summed E-state index contributed by atoms with van der Waals surface area (Å²) >= 11 is 0. The summed E-state index contributed by atoms with van der Waals surface area (Å²) in [6.45, 7) is 1.09. The van der Waals surface area contributed by atoms with Gasteiger partial charge in [-0.1, -0.05) is 61.7 Å². The molecule has 5 atom stereocenters. The van der Waals surface area contributed by atoms with Gasteiger partial charge in [-0.05, 0) is 93.1 Å². The van der Waals surface area contributed by atoms with Crippen LogP contribution in [0.1, 0.15) is 80.4 Å². The van der Waals surface area contributed by atoms with Gasteiger partial charge in [-0.3, -0.25) is 19.3 Å². The zero-order valence-corrected chi connectivity index (χ0v) is 25.6. The number of carbonyl (C=O) groups is 3. The molecule has 1 saturated heterocycles. The fourth-order valence-corrected chi connectivity index (χ4v) is 8.06. The van der Waals surface area contributed by atoms with Crippen molar-refractivity contribution in [3.63, 3.8) is 0 Å². The molecule has 6 rings (SSSR count). The summed E-state index contributed by atoms with van der Waals surface area (Å²) in [5.41, 5.74) is 2.78. The van der Waals surface area contributed by atoms with Gasteiger partial charge in [0.1, 0.15) is 6.04 Å². The topological polar surface area (TPSA) is 112 Å². The standard InChI is InChI=1S/C35H44N4O5/c1-38-19-18-29(32(38)35(42)43)27-12-7-13-28(20-27)36-33(41)31(24-8-5-6-9-24)25-16-14-23(15-17-25)21-39-30(40)22-44-34(37-39)26-10-3-2-4-11-26/h2-4,10-11,14-17,24,27-29,31-32H,5-9,12-13,18-22H2,1H3,(H,36,41)(H,42,43)/t27?,28?,29?,31?,32-/m0/s1. The van der Waals surface area contributed by atoms with Gasteiger partial charge in [0.2, 0.25) is 11.8 Å². The summed E-state index contributed by atoms with van der Waals surface area (Å²) in [6.07, 6.45) is 9.12. The lowest BCUT2D eigenvalue weighted by atomic mass is 9.74. The van der Waals surface area contributed by atoms with Crippen molar-refractivity contribution < 1.29 is 24.2 Å². The second-order valence-corrected chi connectivity index (χ2v) is 13.1. The van der Waals surface area contributed by atoms with Crippen LogP contribution < -0.4 is 5.32 Å². The lowest BCUT2D eigenvalue weighted by Gasteiger charge is -2.36. The van der Waals surface area contributed by atoms with E-state index in [0.29, 0.717) is 24.3 Å². The molecule has 3 fully saturated rings. The van der Waals surface area contributed by atoms with Crippen molar-refractivity contribution in [2.75, 3.05) is 20.2 Å². The van der Waals surface area contributed by atoms with Gasteiger partial charge < -0.3 is 15.2 Å². The lowest BCUT2D eigenvalue weighted by Crippen LogP contribution is -2.45. The molecule has 44 heavy (non-hydrogen) atoms. The molecular weight excluding hydrogens is 556 g/mol. The molecule has 2 amide bonds. The van der Waals surface area contributed by atoms with E-state index >= 15 is 0 Å². The van der Waals surface area contributed by atoms with Gasteiger partial charge in [0.05, 0.1) is 12.5 Å². The first-order valence-electron chi connectivity index (χ1n) is 16.3. The molecular formula is C35H44N4O5. The average molecular weight is 601 g/mol. The lowest BCUT2D eigenvalue weighted by molar-refractivity contribution is -0.144. The molecule has 2 saturated carbocycles. The third-order valence-corrected chi connectivity index (χ3v) is 10.3. The van der Waals surface area contributed by atoms with Crippen LogP contribution in [0.4, 0.5) is 0 Å². The molecule has 0 radical (unpaired) electrons. The third kappa shape index (κ3) is 6.67. The third-order valence-electron chi connectivity index (χ3n) is 10.3. The van der Waals surface area contributed by atoms with E-state index in [-0.39, 0.29) is 36.3 Å². The highest BCUT2D eigenvalue weighted by Crippen LogP contribution is 2.40. The zero-order valence-electron chi connectivity index (χ0n) is 25.6. The summed E-state index contributed by atoms with van der Waals surface area (Å²) in [4.78, 5) is 40.5. The zero-order chi connectivity index (χ0) is 30.6. The minimum absolute atomic E-state index is 0.0494. The van der Waals surface area contributed by atoms with Crippen LogP contribution in [-0.2, 0) is 25.7 Å². The van der Waals surface area contributed by atoms with Crippen molar-refractivity contribution in [3.05, 3.63) is 71.3 Å². The Hall–Kier alpha value is -3.72. The monoisotopic (exact) mass is 600 g/mol. The summed E-state index contributed by atoms with van der Waals surface area (Å²) in [5.74, 6) is 0.147. The maximum atomic E-state index is 14.0. The summed E-state index contributed by atoms with van der Waals surface area (Å²) in [7, 11) is 1.91. The molecule has 0 aromatic heterocycles. The van der Waals surface area contributed by atoms with Crippen LogP contribution >= 0.6 is 0 Å². The van der Waals surface area contributed by atoms with Crippen molar-refractivity contribution in [2.24, 2.45) is 22.9 Å². The predicted octanol–water partition coefficient (Wildman–Crippen LogP) is 4.76. The molecule has 0 bridgehead atoms. The van der Waals surface area contributed by atoms with Crippen LogP contribution in [0.2, 0.25) is 0 Å². The Morgan fingerprint density at radius 2 is 1.75 bits per heavy atom. The Morgan fingerprint density at radius 1 is 1.00 bits per heavy atom. The smallest absolute Gasteiger partial charge is 0.321 e. The molecule has 2 aliphatic carbocycles. The number of hydrogen-bond donors (Lipinski definition) is 2. The van der Waals surface area contributed by atoms with Crippen LogP contribution in [0.3, 0.4) is 0 Å². The average Bonchev–Trinajstić information content (AvgIpc) is 3.70. The van der Waals surface area contributed by atoms with Crippen molar-refractivity contribution in [3.8, 4) is 0 Å². The number of hydrazone groups is 1. The first-order chi connectivity index (χ1) is 21.4. The molecule has 2 aromatic rings. The van der Waals surface area contributed by atoms with Crippen LogP contribution in [0.5, 0.6) is 0 Å². The van der Waals surface area contributed by atoms with Gasteiger partial charge in [0.15, 0.2) is 6.61 Å². The van der Waals surface area contributed by atoms with Gasteiger partial charge in [-0.15, -0.1) is 5.10 Å². The molecule has 2 heterocycles. The number of amides is 2. The van der Waals surface area contributed by atoms with Gasteiger partial charge in [-0.2, -0.15) is 0 Å². The second-order valence-electron chi connectivity index (χ2n) is 13.1. The number of nitrogens with one attached hydrogen (secondary N) is 1. The number of rotatable bonds is 9. The number of likely N-dealkylation sites (N-methyl/N-ethyl adjacent to an activating group) is 1. The number of aliphatic carboxylic acids is 1. The van der Waals surface area contributed by atoms with Crippen LogP contribution in [0.25, 0.3) is 0 Å². The predicted molar refractivity (Wildman–Crippen MR) is 167 cm³/mol. The molecule has 9 heteroatoms. The van der Waals surface area contributed by atoms with Crippen LogP contribution in [-0.4, -0.2) is 71.0 Å². The van der Waals surface area contributed by atoms with Crippen molar-refractivity contribution in [1.29, 1.82) is 0 Å². The summed E-state index contributed by atoms with van der Waals surface area (Å²) < 4.78 is 5.58. The fourth-order valence-electron chi connectivity index (χ4n) is 8.06. The van der Waals surface area contributed by atoms with Crippen LogP contribution in [0.15, 0.2) is 59.7 Å². The highest BCUT2D eigenvalue weighted by atomic mass is 16.5. The van der Waals surface area contributed by atoms with E-state index in [1.54, 1.807) is 0 Å². The summed E-state index contributed by atoms with van der Waals surface area (Å²) in [5, 5.41) is 19.2. The molecule has 9 nitrogen and oxygen atoms in total. The van der Waals surface area contributed by atoms with Crippen molar-refractivity contribution in [1.82, 2.24) is 15.2 Å². The molecule has 2 aromatic carbocycles. The van der Waals surface area contributed by atoms with E-state index in [2.05, 4.69) is 10.4 Å². The Morgan fingerprint density at radius 3 is 2.48 bits per heavy atom. The molecule has 4 aliphatic rings. The number of benzene rings is 2. The molecule has 234 valence electrons. The number of hydrogen-bond acceptors (Lipinski definition) is 6. The summed E-state index contributed by atoms with van der Waals surface area (Å²) in [6, 6.07) is 17.3. The number of carbonyl (C=O) groups excluding carboxylic acids is 2. The molecule has 0 spiro atoms. The number of nitrogens with zero attached hydrogens (tertiary/aromatic N) is 3. The Labute approximate surface area is 259 Å². The fraction of sp³-hybridized carbons (Fsp3) is 0.543. The van der Waals surface area contributed by atoms with Crippen molar-refractivity contribution >= 4 is 23.7 Å². The Balaban J connectivity index is 1.13. The Kier molecular flexibility index (Phi) is 9.31. The quantitative estimate of drug-likeness (QED) is 0.429. The maximum Gasteiger partial charge on any atom is 0.321 e. The molecule has 2 N–H and O–H groups in total. The number of carboxylic acids is 1. The normalized spacial score (nSPS) is 27.1. The second kappa shape index (κ2) is 13.5. The van der Waals surface area contributed by atoms with Gasteiger partial charge in [0.25, 0.3) is 5.91 Å². The minimum atomic E-state index is -0.729. The van der Waals surface area contributed by atoms with E-state index < -0.39 is 12.0 Å². The van der Waals surface area contributed by atoms with E-state index in [1.807, 2.05) is 66.5 Å². The number of ether oxygens (including phenoxy) is 1. The minimum Gasteiger partial charge on any atom is -0.480 e. The maximum absolute atomic E-state index is 14.0. The highest BCUT2D eigenvalue weighted by molar-refractivity contribution is 5.97. The van der Waals surface area contributed by atoms with Crippen LogP contribution in [0, 0.1) is 17.8 Å². The van der Waals surface area contributed by atoms with Gasteiger partial charge in [0, 0.05) is 11.6 Å². The molecule has 4 unspecified atom stereocenters. The first-order valence-corrected chi connectivity index (χ1v) is 16.3.